The maximum atomic E-state index is 12.7. The third kappa shape index (κ3) is 3.31. The van der Waals surface area contributed by atoms with E-state index in [-0.39, 0.29) is 23.9 Å². The highest BCUT2D eigenvalue weighted by Gasteiger charge is 2.45. The summed E-state index contributed by atoms with van der Waals surface area (Å²) < 4.78 is 0. The molecule has 2 saturated heterocycles. The summed E-state index contributed by atoms with van der Waals surface area (Å²) in [7, 11) is 4.11. The molecule has 1 aromatic rings. The van der Waals surface area contributed by atoms with Gasteiger partial charge in [0.2, 0.25) is 11.8 Å². The van der Waals surface area contributed by atoms with Crippen LogP contribution in [0.1, 0.15) is 25.3 Å². The molecule has 2 amide bonds. The summed E-state index contributed by atoms with van der Waals surface area (Å²) in [4.78, 5) is 31.3. The average Bonchev–Trinajstić information content (AvgIpc) is 3.01. The smallest absolute Gasteiger partial charge is 0.245 e. The number of fused-ring (bicyclic) bond motifs is 1. The summed E-state index contributed by atoms with van der Waals surface area (Å²) in [6, 6.07) is 10.3. The molecule has 1 aromatic carbocycles. The Labute approximate surface area is 144 Å². The van der Waals surface area contributed by atoms with Crippen molar-refractivity contribution in [2.24, 2.45) is 0 Å². The summed E-state index contributed by atoms with van der Waals surface area (Å²) in [6.07, 6.45) is 2.14. The molecule has 0 saturated carbocycles. The average molecular weight is 329 g/mol. The molecule has 3 atom stereocenters. The zero-order valence-electron chi connectivity index (χ0n) is 14.8. The molecule has 5 nitrogen and oxygen atoms in total. The van der Waals surface area contributed by atoms with E-state index in [1.807, 2.05) is 42.2 Å². The summed E-state index contributed by atoms with van der Waals surface area (Å²) >= 11 is 0. The van der Waals surface area contributed by atoms with Gasteiger partial charge in [-0.1, -0.05) is 30.3 Å². The van der Waals surface area contributed by atoms with Gasteiger partial charge in [0.05, 0.1) is 6.04 Å². The predicted octanol–water partition coefficient (Wildman–Crippen LogP) is 1.38. The second-order valence-electron chi connectivity index (χ2n) is 7.21. The Morgan fingerprint density at radius 1 is 1.21 bits per heavy atom. The number of rotatable bonds is 4. The van der Waals surface area contributed by atoms with Gasteiger partial charge < -0.3 is 14.7 Å². The lowest BCUT2D eigenvalue weighted by Gasteiger charge is -2.41. The van der Waals surface area contributed by atoms with Crippen LogP contribution in [0.2, 0.25) is 0 Å². The second kappa shape index (κ2) is 6.93. The van der Waals surface area contributed by atoms with Crippen molar-refractivity contribution >= 4 is 11.8 Å². The monoisotopic (exact) mass is 329 g/mol. The van der Waals surface area contributed by atoms with E-state index in [1.165, 1.54) is 0 Å². The first-order chi connectivity index (χ1) is 11.5. The zero-order valence-corrected chi connectivity index (χ0v) is 14.8. The van der Waals surface area contributed by atoms with Gasteiger partial charge in [-0.05, 0) is 39.4 Å². The van der Waals surface area contributed by atoms with Gasteiger partial charge >= 0.3 is 0 Å². The number of carbonyl (C=O) groups excluding carboxylic acids is 2. The first-order valence-electron chi connectivity index (χ1n) is 8.77. The van der Waals surface area contributed by atoms with Crippen LogP contribution in [0, 0.1) is 0 Å². The van der Waals surface area contributed by atoms with Crippen molar-refractivity contribution in [3.8, 4) is 0 Å². The highest BCUT2D eigenvalue weighted by Crippen LogP contribution is 2.28. The number of carbonyl (C=O) groups is 2. The standard InChI is InChI=1S/C19H27N3O2/c1-14-19(24)22-12-16(20(2)3)11-17(22)13-21(14)18(23)10-9-15-7-5-4-6-8-15/h4-8,14,16-17H,9-13H2,1-3H3/t14-,16-,17-/m0/s1. The molecule has 2 aliphatic rings. The molecule has 24 heavy (non-hydrogen) atoms. The van der Waals surface area contributed by atoms with E-state index >= 15 is 0 Å². The van der Waals surface area contributed by atoms with Crippen LogP contribution in [0.5, 0.6) is 0 Å². The van der Waals surface area contributed by atoms with Gasteiger partial charge in [-0.25, -0.2) is 0 Å². The lowest BCUT2D eigenvalue weighted by atomic mass is 10.0. The van der Waals surface area contributed by atoms with Gasteiger partial charge in [-0.3, -0.25) is 9.59 Å². The van der Waals surface area contributed by atoms with Crippen molar-refractivity contribution in [2.45, 2.75) is 44.3 Å². The molecule has 0 aromatic heterocycles. The van der Waals surface area contributed by atoms with Crippen LogP contribution in [0.4, 0.5) is 0 Å². The van der Waals surface area contributed by atoms with Gasteiger partial charge in [-0.15, -0.1) is 0 Å². The fraction of sp³-hybridized carbons (Fsp3) is 0.579. The number of aryl methyl sites for hydroxylation is 1. The van der Waals surface area contributed by atoms with Crippen LogP contribution in [0.3, 0.4) is 0 Å². The van der Waals surface area contributed by atoms with Gasteiger partial charge in [0.1, 0.15) is 6.04 Å². The van der Waals surface area contributed by atoms with E-state index in [1.54, 1.807) is 4.90 Å². The molecule has 0 bridgehead atoms. The van der Waals surface area contributed by atoms with Gasteiger partial charge in [0.15, 0.2) is 0 Å². The fourth-order valence-corrected chi connectivity index (χ4v) is 3.82. The van der Waals surface area contributed by atoms with Gasteiger partial charge in [-0.2, -0.15) is 0 Å². The zero-order chi connectivity index (χ0) is 17.3. The minimum Gasteiger partial charge on any atom is -0.335 e. The quantitative estimate of drug-likeness (QED) is 0.838. The Kier molecular flexibility index (Phi) is 4.90. The fourth-order valence-electron chi connectivity index (χ4n) is 3.82. The number of benzene rings is 1. The molecule has 0 aliphatic carbocycles. The Bertz CT molecular complexity index is 602. The molecular formula is C19H27N3O2. The van der Waals surface area contributed by atoms with E-state index in [9.17, 15) is 9.59 Å². The van der Waals surface area contributed by atoms with Gasteiger partial charge in [0, 0.05) is 25.6 Å². The largest absolute Gasteiger partial charge is 0.335 e. The molecular weight excluding hydrogens is 302 g/mol. The number of nitrogens with zero attached hydrogens (tertiary/aromatic N) is 3. The molecule has 5 heteroatoms. The maximum Gasteiger partial charge on any atom is 0.245 e. The van der Waals surface area contributed by atoms with E-state index in [0.29, 0.717) is 19.0 Å². The lowest BCUT2D eigenvalue weighted by molar-refractivity contribution is -0.152. The highest BCUT2D eigenvalue weighted by atomic mass is 16.2. The first kappa shape index (κ1) is 17.0. The molecule has 2 aliphatic heterocycles. The summed E-state index contributed by atoms with van der Waals surface area (Å²) in [5.41, 5.74) is 1.16. The third-order valence-electron chi connectivity index (χ3n) is 5.43. The van der Waals surface area contributed by atoms with E-state index in [0.717, 1.165) is 24.9 Å². The van der Waals surface area contributed by atoms with Crippen LogP contribution >= 0.6 is 0 Å². The van der Waals surface area contributed by atoms with Crippen molar-refractivity contribution < 1.29 is 9.59 Å². The van der Waals surface area contributed by atoms with Crippen molar-refractivity contribution in [3.63, 3.8) is 0 Å². The minimum atomic E-state index is -0.342. The van der Waals surface area contributed by atoms with E-state index < -0.39 is 0 Å². The van der Waals surface area contributed by atoms with Crippen LogP contribution in [-0.4, -0.2) is 71.8 Å². The topological polar surface area (TPSA) is 43.9 Å². The molecule has 2 heterocycles. The lowest BCUT2D eigenvalue weighted by Crippen LogP contribution is -2.60. The number of hydrogen-bond donors (Lipinski definition) is 0. The van der Waals surface area contributed by atoms with E-state index in [2.05, 4.69) is 19.0 Å². The second-order valence-corrected chi connectivity index (χ2v) is 7.21. The van der Waals surface area contributed by atoms with Crippen LogP contribution < -0.4 is 0 Å². The van der Waals surface area contributed by atoms with Crippen molar-refractivity contribution in [1.29, 1.82) is 0 Å². The summed E-state index contributed by atoms with van der Waals surface area (Å²) in [6.45, 7) is 3.32. The highest BCUT2D eigenvalue weighted by molar-refractivity contribution is 5.89. The minimum absolute atomic E-state index is 0.0904. The van der Waals surface area contributed by atoms with Crippen molar-refractivity contribution in [2.75, 3.05) is 27.2 Å². The molecule has 3 rings (SSSR count). The van der Waals surface area contributed by atoms with Crippen LogP contribution in [0.25, 0.3) is 0 Å². The molecule has 0 radical (unpaired) electrons. The number of likely N-dealkylation sites (N-methyl/N-ethyl adjacent to an activating group) is 1. The Hall–Kier alpha value is -1.88. The predicted molar refractivity (Wildman–Crippen MR) is 93.5 cm³/mol. The van der Waals surface area contributed by atoms with Crippen LogP contribution in [0.15, 0.2) is 30.3 Å². The van der Waals surface area contributed by atoms with Gasteiger partial charge in [0.25, 0.3) is 0 Å². The Morgan fingerprint density at radius 3 is 2.58 bits per heavy atom. The van der Waals surface area contributed by atoms with E-state index in [4.69, 9.17) is 0 Å². The molecule has 0 unspecified atom stereocenters. The molecule has 0 spiro atoms. The Morgan fingerprint density at radius 2 is 1.92 bits per heavy atom. The van der Waals surface area contributed by atoms with Crippen LogP contribution in [-0.2, 0) is 16.0 Å². The summed E-state index contributed by atoms with van der Waals surface area (Å²) in [5.74, 6) is 0.191. The molecule has 2 fully saturated rings. The molecule has 0 N–H and O–H groups in total. The Balaban J connectivity index is 1.63. The maximum absolute atomic E-state index is 12.7. The van der Waals surface area contributed by atoms with Crippen molar-refractivity contribution in [3.05, 3.63) is 35.9 Å². The number of piperazine rings is 1. The normalized spacial score (nSPS) is 26.8. The number of hydrogen-bond acceptors (Lipinski definition) is 3. The summed E-state index contributed by atoms with van der Waals surface area (Å²) in [5, 5.41) is 0. The molecule has 130 valence electrons. The SMILES string of the molecule is C[C@H]1C(=O)N2C[C@@H](N(C)C)C[C@H]2CN1C(=O)CCc1ccccc1. The van der Waals surface area contributed by atoms with Crippen molar-refractivity contribution in [1.82, 2.24) is 14.7 Å². The third-order valence-corrected chi connectivity index (χ3v) is 5.43. The number of amides is 2. The first-order valence-corrected chi connectivity index (χ1v) is 8.77.